The van der Waals surface area contributed by atoms with E-state index in [2.05, 4.69) is 15.3 Å². The Morgan fingerprint density at radius 2 is 1.96 bits per heavy atom. The zero-order valence-electron chi connectivity index (χ0n) is 14.6. The summed E-state index contributed by atoms with van der Waals surface area (Å²) in [5.41, 5.74) is 3.01. The van der Waals surface area contributed by atoms with E-state index in [1.165, 1.54) is 11.3 Å². The number of nitrogens with one attached hydrogen (secondary N) is 1. The molecule has 0 saturated carbocycles. The number of para-hydroxylation sites is 1. The standard InChI is InChI=1S/C21H14N4O2S/c26-20(14-5-7-16(8-6-14)25-10-9-22-13-25)24-21-23-17(12-28-21)19-11-15-3-1-2-4-18(15)27-19/h1-13H,(H,23,24,26). The number of furan rings is 1. The van der Waals surface area contributed by atoms with Gasteiger partial charge in [0.2, 0.25) is 0 Å². The van der Waals surface area contributed by atoms with E-state index >= 15 is 0 Å². The van der Waals surface area contributed by atoms with Crippen LogP contribution < -0.4 is 5.32 Å². The van der Waals surface area contributed by atoms with Crippen molar-refractivity contribution in [3.05, 3.63) is 84.3 Å². The molecule has 0 aliphatic heterocycles. The maximum absolute atomic E-state index is 12.5. The van der Waals surface area contributed by atoms with Crippen LogP contribution in [-0.4, -0.2) is 20.4 Å². The van der Waals surface area contributed by atoms with Crippen molar-refractivity contribution in [2.75, 3.05) is 5.32 Å². The molecule has 0 aliphatic rings. The summed E-state index contributed by atoms with van der Waals surface area (Å²) in [6.45, 7) is 0. The molecule has 0 atom stereocenters. The lowest BCUT2D eigenvalue weighted by Crippen LogP contribution is -2.11. The van der Waals surface area contributed by atoms with Crippen molar-refractivity contribution in [3.63, 3.8) is 0 Å². The number of fused-ring (bicyclic) bond motifs is 1. The van der Waals surface area contributed by atoms with Gasteiger partial charge in [0, 0.05) is 34.4 Å². The third kappa shape index (κ3) is 3.08. The number of thiazole rings is 1. The predicted molar refractivity (Wildman–Crippen MR) is 109 cm³/mol. The van der Waals surface area contributed by atoms with Crippen molar-refractivity contribution in [2.24, 2.45) is 0 Å². The highest BCUT2D eigenvalue weighted by molar-refractivity contribution is 7.14. The molecule has 0 radical (unpaired) electrons. The molecule has 5 rings (SSSR count). The molecule has 0 fully saturated rings. The van der Waals surface area contributed by atoms with Gasteiger partial charge >= 0.3 is 0 Å². The Hall–Kier alpha value is -3.71. The highest BCUT2D eigenvalue weighted by Gasteiger charge is 2.13. The fourth-order valence-electron chi connectivity index (χ4n) is 2.92. The topological polar surface area (TPSA) is 73.0 Å². The van der Waals surface area contributed by atoms with Crippen LogP contribution in [0.1, 0.15) is 10.4 Å². The van der Waals surface area contributed by atoms with Crippen molar-refractivity contribution in [1.82, 2.24) is 14.5 Å². The Kier molecular flexibility index (Phi) is 3.99. The Labute approximate surface area is 164 Å². The lowest BCUT2D eigenvalue weighted by Gasteiger charge is -2.04. The van der Waals surface area contributed by atoms with Gasteiger partial charge in [-0.15, -0.1) is 11.3 Å². The summed E-state index contributed by atoms with van der Waals surface area (Å²) in [6, 6.07) is 17.1. The summed E-state index contributed by atoms with van der Waals surface area (Å²) >= 11 is 1.36. The van der Waals surface area contributed by atoms with Crippen LogP contribution in [0, 0.1) is 0 Å². The van der Waals surface area contributed by atoms with Gasteiger partial charge in [0.15, 0.2) is 10.9 Å². The van der Waals surface area contributed by atoms with Crippen molar-refractivity contribution in [2.45, 2.75) is 0 Å². The average molecular weight is 386 g/mol. The third-order valence-corrected chi connectivity index (χ3v) is 5.09. The monoisotopic (exact) mass is 386 g/mol. The van der Waals surface area contributed by atoms with Crippen LogP contribution in [0.3, 0.4) is 0 Å². The normalized spacial score (nSPS) is 11.0. The second-order valence-corrected chi connectivity index (χ2v) is 7.02. The van der Waals surface area contributed by atoms with Crippen LogP contribution in [-0.2, 0) is 0 Å². The van der Waals surface area contributed by atoms with Crippen molar-refractivity contribution >= 4 is 33.3 Å². The molecule has 136 valence electrons. The maximum atomic E-state index is 12.5. The zero-order chi connectivity index (χ0) is 18.9. The fourth-order valence-corrected chi connectivity index (χ4v) is 3.61. The molecule has 6 nitrogen and oxygen atoms in total. The number of nitrogens with zero attached hydrogens (tertiary/aromatic N) is 3. The van der Waals surface area contributed by atoms with Crippen LogP contribution in [0.5, 0.6) is 0 Å². The molecule has 3 heterocycles. The molecule has 1 N–H and O–H groups in total. The number of carbonyl (C=O) groups excluding carboxylic acids is 1. The molecule has 3 aromatic heterocycles. The first-order valence-electron chi connectivity index (χ1n) is 8.60. The Balaban J connectivity index is 1.33. The zero-order valence-corrected chi connectivity index (χ0v) is 15.4. The highest BCUT2D eigenvalue weighted by atomic mass is 32.1. The summed E-state index contributed by atoms with van der Waals surface area (Å²) in [5.74, 6) is 0.477. The van der Waals surface area contributed by atoms with Crippen LogP contribution in [0.2, 0.25) is 0 Å². The van der Waals surface area contributed by atoms with E-state index in [1.807, 2.05) is 58.6 Å². The van der Waals surface area contributed by atoms with E-state index in [0.29, 0.717) is 22.1 Å². The summed E-state index contributed by atoms with van der Waals surface area (Å²) in [7, 11) is 0. The minimum atomic E-state index is -0.206. The second kappa shape index (κ2) is 6.79. The van der Waals surface area contributed by atoms with Gasteiger partial charge in [0.1, 0.15) is 11.3 Å². The van der Waals surface area contributed by atoms with E-state index in [1.54, 1.807) is 24.7 Å². The lowest BCUT2D eigenvalue weighted by atomic mass is 10.2. The second-order valence-electron chi connectivity index (χ2n) is 6.16. The van der Waals surface area contributed by atoms with Crippen LogP contribution in [0.25, 0.3) is 28.1 Å². The minimum absolute atomic E-state index is 0.206. The number of rotatable bonds is 4. The van der Waals surface area contributed by atoms with E-state index in [4.69, 9.17) is 4.42 Å². The molecule has 0 unspecified atom stereocenters. The van der Waals surface area contributed by atoms with Gasteiger partial charge in [0.25, 0.3) is 5.91 Å². The Morgan fingerprint density at radius 3 is 2.75 bits per heavy atom. The Morgan fingerprint density at radius 1 is 1.11 bits per heavy atom. The van der Waals surface area contributed by atoms with Gasteiger partial charge in [-0.1, -0.05) is 18.2 Å². The molecule has 0 spiro atoms. The van der Waals surface area contributed by atoms with Crippen molar-refractivity contribution in [3.8, 4) is 17.1 Å². The first kappa shape index (κ1) is 16.5. The van der Waals surface area contributed by atoms with E-state index in [-0.39, 0.29) is 5.91 Å². The highest BCUT2D eigenvalue weighted by Crippen LogP contribution is 2.30. The SMILES string of the molecule is O=C(Nc1nc(-c2cc3ccccc3o2)cs1)c1ccc(-n2ccnc2)cc1. The van der Waals surface area contributed by atoms with Crippen molar-refractivity contribution < 1.29 is 9.21 Å². The summed E-state index contributed by atoms with van der Waals surface area (Å²) in [5, 5.41) is 6.26. The number of hydrogen-bond donors (Lipinski definition) is 1. The van der Waals surface area contributed by atoms with Crippen LogP contribution in [0.15, 0.2) is 83.1 Å². The fraction of sp³-hybridized carbons (Fsp3) is 0. The molecule has 28 heavy (non-hydrogen) atoms. The molecule has 0 bridgehead atoms. The first-order valence-corrected chi connectivity index (χ1v) is 9.48. The van der Waals surface area contributed by atoms with E-state index < -0.39 is 0 Å². The van der Waals surface area contributed by atoms with Gasteiger partial charge < -0.3 is 8.98 Å². The summed E-state index contributed by atoms with van der Waals surface area (Å²) in [4.78, 5) is 21.0. The number of carbonyl (C=O) groups is 1. The molecule has 2 aromatic carbocycles. The van der Waals surface area contributed by atoms with Gasteiger partial charge in [-0.05, 0) is 36.4 Å². The van der Waals surface area contributed by atoms with E-state index in [9.17, 15) is 4.79 Å². The third-order valence-electron chi connectivity index (χ3n) is 4.33. The van der Waals surface area contributed by atoms with Gasteiger partial charge in [0.05, 0.1) is 6.33 Å². The molecule has 7 heteroatoms. The van der Waals surface area contributed by atoms with E-state index in [0.717, 1.165) is 16.7 Å². The largest absolute Gasteiger partial charge is 0.454 e. The molecule has 0 saturated heterocycles. The number of anilines is 1. The quantitative estimate of drug-likeness (QED) is 0.472. The first-order chi connectivity index (χ1) is 13.8. The molecule has 1 amide bonds. The van der Waals surface area contributed by atoms with Crippen molar-refractivity contribution in [1.29, 1.82) is 0 Å². The smallest absolute Gasteiger partial charge is 0.257 e. The Bertz CT molecular complexity index is 1220. The molecular weight excluding hydrogens is 372 g/mol. The minimum Gasteiger partial charge on any atom is -0.454 e. The number of hydrogen-bond acceptors (Lipinski definition) is 5. The van der Waals surface area contributed by atoms with Crippen LogP contribution in [0.4, 0.5) is 5.13 Å². The summed E-state index contributed by atoms with van der Waals surface area (Å²) in [6.07, 6.45) is 5.27. The molecule has 5 aromatic rings. The average Bonchev–Trinajstić information content (AvgIpc) is 3.47. The molecule has 0 aliphatic carbocycles. The molecular formula is C21H14N4O2S. The van der Waals surface area contributed by atoms with Crippen LogP contribution >= 0.6 is 11.3 Å². The number of benzene rings is 2. The maximum Gasteiger partial charge on any atom is 0.257 e. The number of imidazole rings is 1. The summed E-state index contributed by atoms with van der Waals surface area (Å²) < 4.78 is 7.71. The number of aromatic nitrogens is 3. The van der Waals surface area contributed by atoms with Gasteiger partial charge in [-0.25, -0.2) is 9.97 Å². The van der Waals surface area contributed by atoms with Gasteiger partial charge in [-0.3, -0.25) is 10.1 Å². The lowest BCUT2D eigenvalue weighted by molar-refractivity contribution is 0.102. The predicted octanol–water partition coefficient (Wildman–Crippen LogP) is 4.99. The number of amides is 1. The van der Waals surface area contributed by atoms with Gasteiger partial charge in [-0.2, -0.15) is 0 Å².